The molecule has 0 aliphatic carbocycles. The Hall–Kier alpha value is -2.38. The van der Waals surface area contributed by atoms with Crippen LogP contribution < -0.4 is 4.74 Å². The molecule has 0 bridgehead atoms. The van der Waals surface area contributed by atoms with Gasteiger partial charge in [-0.2, -0.15) is 0 Å². The number of hydrogen-bond donors (Lipinski definition) is 1. The second-order valence-corrected chi connectivity index (χ2v) is 6.82. The Kier molecular flexibility index (Phi) is 6.55. The van der Waals surface area contributed by atoms with E-state index in [4.69, 9.17) is 14.0 Å². The van der Waals surface area contributed by atoms with Crippen LogP contribution >= 0.6 is 12.0 Å². The third-order valence-electron chi connectivity index (χ3n) is 3.22. The highest BCUT2D eigenvalue weighted by Crippen LogP contribution is 2.29. The van der Waals surface area contributed by atoms with Crippen molar-refractivity contribution in [2.24, 2.45) is 5.18 Å². The van der Waals surface area contributed by atoms with Crippen LogP contribution in [-0.2, 0) is 15.4 Å². The second-order valence-electron chi connectivity index (χ2n) is 6.01. The Labute approximate surface area is 150 Å². The molecule has 0 amide bonds. The van der Waals surface area contributed by atoms with Gasteiger partial charge in [0.2, 0.25) is 0 Å². The number of carbonyl (C=O) groups is 1. The van der Waals surface area contributed by atoms with E-state index >= 15 is 0 Å². The molecule has 0 atom stereocenters. The first-order valence-corrected chi connectivity index (χ1v) is 8.35. The topological polar surface area (TPSA) is 85.2 Å². The summed E-state index contributed by atoms with van der Waals surface area (Å²) in [6.45, 7) is 3.61. The first kappa shape index (κ1) is 19.0. The van der Waals surface area contributed by atoms with E-state index in [2.05, 4.69) is 5.18 Å². The van der Waals surface area contributed by atoms with E-state index < -0.39 is 11.6 Å². The molecule has 0 saturated heterocycles. The number of nitroso groups, excluding NO2 is 1. The zero-order valence-corrected chi connectivity index (χ0v) is 14.8. The number of nitrogens with zero attached hydrogens (tertiary/aromatic N) is 1. The Morgan fingerprint density at radius 1 is 1.12 bits per heavy atom. The van der Waals surface area contributed by atoms with Crippen LogP contribution in [0.3, 0.4) is 0 Å². The molecule has 0 aliphatic rings. The van der Waals surface area contributed by atoms with E-state index in [0.29, 0.717) is 17.9 Å². The number of carboxylic acids is 1. The molecule has 7 heteroatoms. The van der Waals surface area contributed by atoms with Crippen LogP contribution in [0.2, 0.25) is 0 Å². The Morgan fingerprint density at radius 3 is 2.32 bits per heavy atom. The maximum atomic E-state index is 10.5. The highest BCUT2D eigenvalue weighted by atomic mass is 32.2. The molecule has 132 valence electrons. The zero-order valence-electron chi connectivity index (χ0n) is 14.0. The quantitative estimate of drug-likeness (QED) is 0.519. The third-order valence-corrected chi connectivity index (χ3v) is 4.22. The van der Waals surface area contributed by atoms with Crippen LogP contribution in [0, 0.1) is 4.91 Å². The van der Waals surface area contributed by atoms with Crippen LogP contribution in [0.15, 0.2) is 58.6 Å². The smallest absolute Gasteiger partial charge is 0.341 e. The summed E-state index contributed by atoms with van der Waals surface area (Å²) in [5, 5.41) is 11.5. The Morgan fingerprint density at radius 2 is 1.76 bits per heavy atom. The maximum Gasteiger partial charge on any atom is 0.341 e. The molecule has 2 aromatic rings. The monoisotopic (exact) mass is 361 g/mol. The number of hydrogen-bond acceptors (Lipinski definition) is 6. The van der Waals surface area contributed by atoms with Gasteiger partial charge in [-0.05, 0) is 61.0 Å². The lowest BCUT2D eigenvalue weighted by Crippen LogP contribution is -2.24. The Balaban J connectivity index is 1.88. The van der Waals surface area contributed by atoms with Gasteiger partial charge in [-0.25, -0.2) is 4.79 Å². The SMILES string of the molecule is CC(C)(Cc1ccc(OCC(=O)O)cc1)OSc1ccc(N=O)cc1. The van der Waals surface area contributed by atoms with E-state index in [1.54, 1.807) is 36.4 Å². The lowest BCUT2D eigenvalue weighted by molar-refractivity contribution is -0.139. The van der Waals surface area contributed by atoms with Gasteiger partial charge in [-0.15, -0.1) is 4.91 Å². The Bertz CT molecular complexity index is 713. The molecule has 0 saturated carbocycles. The highest BCUT2D eigenvalue weighted by Gasteiger charge is 2.20. The maximum absolute atomic E-state index is 10.5. The molecule has 6 nitrogen and oxygen atoms in total. The highest BCUT2D eigenvalue weighted by molar-refractivity contribution is 7.94. The van der Waals surface area contributed by atoms with Crippen LogP contribution in [0.5, 0.6) is 5.75 Å². The van der Waals surface area contributed by atoms with Gasteiger partial charge >= 0.3 is 5.97 Å². The summed E-state index contributed by atoms with van der Waals surface area (Å²) in [5.41, 5.74) is 1.01. The first-order chi connectivity index (χ1) is 11.9. The minimum Gasteiger partial charge on any atom is -0.482 e. The van der Waals surface area contributed by atoms with Crippen molar-refractivity contribution in [1.29, 1.82) is 0 Å². The predicted molar refractivity (Wildman–Crippen MR) is 96.2 cm³/mol. The minimum absolute atomic E-state index is 0.358. The first-order valence-electron chi connectivity index (χ1n) is 7.61. The summed E-state index contributed by atoms with van der Waals surface area (Å²) in [4.78, 5) is 21.8. The molecule has 2 aromatic carbocycles. The molecule has 0 unspecified atom stereocenters. The fraction of sp³-hybridized carbons (Fsp3) is 0.278. The fourth-order valence-electron chi connectivity index (χ4n) is 2.09. The number of carboxylic acid groups (broad SMARTS) is 1. The normalized spacial score (nSPS) is 11.1. The van der Waals surface area contributed by atoms with Gasteiger partial charge in [0.1, 0.15) is 11.4 Å². The standard InChI is InChI=1S/C18H19NO5S/c1-18(2,24-25-16-9-5-14(19-22)6-10-16)11-13-3-7-15(8-4-13)23-12-17(20)21/h3-10H,11-12H2,1-2H3,(H,20,21). The second kappa shape index (κ2) is 8.64. The van der Waals surface area contributed by atoms with Crippen molar-refractivity contribution < 1.29 is 18.8 Å². The summed E-state index contributed by atoms with van der Waals surface area (Å²) in [7, 11) is 0. The van der Waals surface area contributed by atoms with Crippen LogP contribution in [-0.4, -0.2) is 23.3 Å². The van der Waals surface area contributed by atoms with Gasteiger partial charge in [0.25, 0.3) is 0 Å². The summed E-state index contributed by atoms with van der Waals surface area (Å²) in [6, 6.07) is 14.1. The largest absolute Gasteiger partial charge is 0.482 e. The number of rotatable bonds is 9. The number of ether oxygens (including phenoxy) is 1. The van der Waals surface area contributed by atoms with Crippen molar-refractivity contribution in [3.05, 3.63) is 59.0 Å². The molecule has 1 N–H and O–H groups in total. The molecule has 0 spiro atoms. The molecular formula is C18H19NO5S. The molecule has 0 fully saturated rings. The molecular weight excluding hydrogens is 342 g/mol. The lowest BCUT2D eigenvalue weighted by Gasteiger charge is -2.24. The number of aliphatic carboxylic acids is 1. The molecule has 0 aromatic heterocycles. The van der Waals surface area contributed by atoms with Gasteiger partial charge in [0.15, 0.2) is 6.61 Å². The molecule has 2 rings (SSSR count). The van der Waals surface area contributed by atoms with Crippen LogP contribution in [0.4, 0.5) is 5.69 Å². The minimum atomic E-state index is -1.01. The van der Waals surface area contributed by atoms with Gasteiger partial charge in [0.05, 0.1) is 5.60 Å². The van der Waals surface area contributed by atoms with E-state index in [0.717, 1.165) is 10.5 Å². The van der Waals surface area contributed by atoms with E-state index in [1.165, 1.54) is 12.0 Å². The fourth-order valence-corrected chi connectivity index (χ4v) is 2.72. The van der Waals surface area contributed by atoms with Crippen molar-refractivity contribution in [2.75, 3.05) is 6.61 Å². The van der Waals surface area contributed by atoms with Crippen molar-refractivity contribution in [3.63, 3.8) is 0 Å². The van der Waals surface area contributed by atoms with Gasteiger partial charge in [0, 0.05) is 23.4 Å². The molecule has 0 heterocycles. The lowest BCUT2D eigenvalue weighted by atomic mass is 9.99. The molecule has 0 radical (unpaired) electrons. The van der Waals surface area contributed by atoms with Crippen LogP contribution in [0.1, 0.15) is 19.4 Å². The summed E-state index contributed by atoms with van der Waals surface area (Å²) in [5.74, 6) is -0.490. The summed E-state index contributed by atoms with van der Waals surface area (Å²) >= 11 is 1.25. The van der Waals surface area contributed by atoms with E-state index in [-0.39, 0.29) is 6.61 Å². The molecule has 0 aliphatic heterocycles. The van der Waals surface area contributed by atoms with Crippen molar-refractivity contribution in [1.82, 2.24) is 0 Å². The van der Waals surface area contributed by atoms with Gasteiger partial charge < -0.3 is 14.0 Å². The average molecular weight is 361 g/mol. The van der Waals surface area contributed by atoms with Gasteiger partial charge in [-0.3, -0.25) is 0 Å². The summed E-state index contributed by atoms with van der Waals surface area (Å²) < 4.78 is 11.0. The van der Waals surface area contributed by atoms with Crippen LogP contribution in [0.25, 0.3) is 0 Å². The van der Waals surface area contributed by atoms with Crippen molar-refractivity contribution >= 4 is 23.7 Å². The van der Waals surface area contributed by atoms with Gasteiger partial charge in [-0.1, -0.05) is 12.1 Å². The molecule has 25 heavy (non-hydrogen) atoms. The number of benzene rings is 2. The van der Waals surface area contributed by atoms with E-state index in [9.17, 15) is 9.70 Å². The van der Waals surface area contributed by atoms with Crippen molar-refractivity contribution in [2.45, 2.75) is 30.8 Å². The predicted octanol–water partition coefficient (Wildman–Crippen LogP) is 4.59. The van der Waals surface area contributed by atoms with Crippen molar-refractivity contribution in [3.8, 4) is 5.75 Å². The third kappa shape index (κ3) is 6.56. The van der Waals surface area contributed by atoms with E-state index in [1.807, 2.05) is 26.0 Å². The average Bonchev–Trinajstić information content (AvgIpc) is 2.59. The summed E-state index contributed by atoms with van der Waals surface area (Å²) in [6.07, 6.45) is 0.674. The zero-order chi connectivity index (χ0) is 18.3.